The van der Waals surface area contributed by atoms with E-state index in [9.17, 15) is 4.79 Å². The van der Waals surface area contributed by atoms with Gasteiger partial charge in [-0.05, 0) is 50.2 Å². The van der Waals surface area contributed by atoms with Crippen molar-refractivity contribution in [3.8, 4) is 0 Å². The monoisotopic (exact) mass is 301 g/mol. The van der Waals surface area contributed by atoms with Crippen molar-refractivity contribution in [1.82, 2.24) is 9.88 Å². The van der Waals surface area contributed by atoms with E-state index in [1.807, 2.05) is 50.2 Å². The summed E-state index contributed by atoms with van der Waals surface area (Å²) in [6.45, 7) is 5.31. The van der Waals surface area contributed by atoms with E-state index in [0.717, 1.165) is 15.5 Å². The minimum absolute atomic E-state index is 0.0280. The van der Waals surface area contributed by atoms with Crippen LogP contribution in [0.4, 0.5) is 5.69 Å². The quantitative estimate of drug-likeness (QED) is 0.861. The van der Waals surface area contributed by atoms with Gasteiger partial charge in [0, 0.05) is 34.8 Å². The highest BCUT2D eigenvalue weighted by Gasteiger charge is 2.14. The van der Waals surface area contributed by atoms with Gasteiger partial charge in [-0.2, -0.15) is 0 Å². The van der Waals surface area contributed by atoms with Gasteiger partial charge in [-0.3, -0.25) is 9.78 Å². The van der Waals surface area contributed by atoms with Gasteiger partial charge >= 0.3 is 0 Å². The van der Waals surface area contributed by atoms with Gasteiger partial charge in [0.1, 0.15) is 5.69 Å². The third-order valence-electron chi connectivity index (χ3n) is 3.12. The molecule has 4 nitrogen and oxygen atoms in total. The van der Waals surface area contributed by atoms with Crippen LogP contribution in [0, 0.1) is 0 Å². The highest BCUT2D eigenvalue weighted by molar-refractivity contribution is 7.99. The van der Waals surface area contributed by atoms with E-state index >= 15 is 0 Å². The highest BCUT2D eigenvalue weighted by atomic mass is 32.2. The van der Waals surface area contributed by atoms with Gasteiger partial charge in [-0.1, -0.05) is 11.8 Å². The number of anilines is 1. The van der Waals surface area contributed by atoms with Crippen LogP contribution >= 0.6 is 11.8 Å². The molecule has 5 heteroatoms. The fourth-order valence-electron chi connectivity index (χ4n) is 1.94. The van der Waals surface area contributed by atoms with Crippen molar-refractivity contribution in [2.75, 3.05) is 18.8 Å². The molecule has 0 spiro atoms. The second-order valence-corrected chi connectivity index (χ2v) is 5.67. The fraction of sp³-hybridized carbons (Fsp3) is 0.250. The number of hydrogen-bond donors (Lipinski definition) is 1. The van der Waals surface area contributed by atoms with Gasteiger partial charge in [0.05, 0.1) is 0 Å². The van der Waals surface area contributed by atoms with Crippen LogP contribution < -0.4 is 5.73 Å². The molecule has 0 bridgehead atoms. The number of amides is 1. The van der Waals surface area contributed by atoms with Crippen LogP contribution in [0.25, 0.3) is 0 Å². The van der Waals surface area contributed by atoms with E-state index in [-0.39, 0.29) is 5.91 Å². The standard InChI is InChI=1S/C16H19N3OS/c1-3-19(4-2)16(20)15-11-14(9-10-18-15)21-13-7-5-12(17)6-8-13/h5-11H,3-4,17H2,1-2H3. The Morgan fingerprint density at radius 2 is 1.81 bits per heavy atom. The van der Waals surface area contributed by atoms with Gasteiger partial charge in [-0.15, -0.1) is 0 Å². The summed E-state index contributed by atoms with van der Waals surface area (Å²) < 4.78 is 0. The number of nitrogens with zero attached hydrogens (tertiary/aromatic N) is 2. The number of carbonyl (C=O) groups excluding carboxylic acids is 1. The van der Waals surface area contributed by atoms with Crippen molar-refractivity contribution in [2.45, 2.75) is 23.6 Å². The van der Waals surface area contributed by atoms with E-state index in [4.69, 9.17) is 5.73 Å². The van der Waals surface area contributed by atoms with E-state index in [0.29, 0.717) is 18.8 Å². The molecule has 2 rings (SSSR count). The number of nitrogen functional groups attached to an aromatic ring is 1. The van der Waals surface area contributed by atoms with Crippen molar-refractivity contribution >= 4 is 23.4 Å². The summed E-state index contributed by atoms with van der Waals surface area (Å²) in [6, 6.07) is 11.4. The van der Waals surface area contributed by atoms with Crippen LogP contribution in [0.1, 0.15) is 24.3 Å². The summed E-state index contributed by atoms with van der Waals surface area (Å²) in [5, 5.41) is 0. The van der Waals surface area contributed by atoms with Crippen molar-refractivity contribution in [2.24, 2.45) is 0 Å². The number of rotatable bonds is 5. The molecule has 0 saturated heterocycles. The maximum absolute atomic E-state index is 12.3. The SMILES string of the molecule is CCN(CC)C(=O)c1cc(Sc2ccc(N)cc2)ccn1. The molecule has 1 aromatic heterocycles. The molecule has 0 saturated carbocycles. The summed E-state index contributed by atoms with van der Waals surface area (Å²) in [5.41, 5.74) is 6.91. The molecular weight excluding hydrogens is 282 g/mol. The maximum atomic E-state index is 12.3. The van der Waals surface area contributed by atoms with E-state index < -0.39 is 0 Å². The predicted octanol–water partition coefficient (Wildman–Crippen LogP) is 3.30. The van der Waals surface area contributed by atoms with Crippen LogP contribution in [0.15, 0.2) is 52.4 Å². The predicted molar refractivity (Wildman–Crippen MR) is 86.5 cm³/mol. The van der Waals surface area contributed by atoms with Crippen LogP contribution in [-0.4, -0.2) is 28.9 Å². The summed E-state index contributed by atoms with van der Waals surface area (Å²) in [6.07, 6.45) is 1.68. The molecule has 2 N–H and O–H groups in total. The van der Waals surface area contributed by atoms with Gasteiger partial charge < -0.3 is 10.6 Å². The van der Waals surface area contributed by atoms with E-state index in [1.54, 1.807) is 22.9 Å². The average Bonchev–Trinajstić information content (AvgIpc) is 2.51. The fourth-order valence-corrected chi connectivity index (χ4v) is 2.78. The molecule has 0 aliphatic rings. The lowest BCUT2D eigenvalue weighted by molar-refractivity contribution is 0.0767. The number of nitrogens with two attached hydrogens (primary N) is 1. The van der Waals surface area contributed by atoms with E-state index in [2.05, 4.69) is 4.98 Å². The summed E-state index contributed by atoms with van der Waals surface area (Å²) in [4.78, 5) is 20.3. The van der Waals surface area contributed by atoms with Crippen LogP contribution in [-0.2, 0) is 0 Å². The molecule has 2 aromatic rings. The van der Waals surface area contributed by atoms with Crippen molar-refractivity contribution in [1.29, 1.82) is 0 Å². The number of carbonyl (C=O) groups is 1. The lowest BCUT2D eigenvalue weighted by atomic mass is 10.3. The number of aromatic nitrogens is 1. The molecule has 0 unspecified atom stereocenters. The molecule has 0 atom stereocenters. The van der Waals surface area contributed by atoms with Gasteiger partial charge in [0.15, 0.2) is 0 Å². The minimum Gasteiger partial charge on any atom is -0.399 e. The molecule has 0 radical (unpaired) electrons. The Balaban J connectivity index is 2.17. The second-order valence-electron chi connectivity index (χ2n) is 4.53. The summed E-state index contributed by atoms with van der Waals surface area (Å²) in [7, 11) is 0. The normalized spacial score (nSPS) is 10.4. The zero-order chi connectivity index (χ0) is 15.2. The number of benzene rings is 1. The van der Waals surface area contributed by atoms with Gasteiger partial charge in [-0.25, -0.2) is 0 Å². The third-order valence-corrected chi connectivity index (χ3v) is 4.11. The maximum Gasteiger partial charge on any atom is 0.272 e. The molecule has 0 fully saturated rings. The van der Waals surface area contributed by atoms with Crippen molar-refractivity contribution in [3.63, 3.8) is 0 Å². The number of hydrogen-bond acceptors (Lipinski definition) is 4. The Bertz CT molecular complexity index is 609. The molecule has 21 heavy (non-hydrogen) atoms. The Labute approximate surface area is 129 Å². The lowest BCUT2D eigenvalue weighted by Gasteiger charge is -2.18. The van der Waals surface area contributed by atoms with Crippen molar-refractivity contribution < 1.29 is 4.79 Å². The van der Waals surface area contributed by atoms with Crippen molar-refractivity contribution in [3.05, 3.63) is 48.3 Å². The Kier molecular flexibility index (Phi) is 5.22. The average molecular weight is 301 g/mol. The summed E-state index contributed by atoms with van der Waals surface area (Å²) >= 11 is 1.59. The minimum atomic E-state index is -0.0280. The zero-order valence-electron chi connectivity index (χ0n) is 12.2. The van der Waals surface area contributed by atoms with E-state index in [1.165, 1.54) is 0 Å². The largest absolute Gasteiger partial charge is 0.399 e. The van der Waals surface area contributed by atoms with Crippen LogP contribution in [0.2, 0.25) is 0 Å². The molecule has 1 heterocycles. The van der Waals surface area contributed by atoms with Crippen LogP contribution in [0.3, 0.4) is 0 Å². The molecule has 110 valence electrons. The van der Waals surface area contributed by atoms with Gasteiger partial charge in [0.25, 0.3) is 5.91 Å². The van der Waals surface area contributed by atoms with Gasteiger partial charge in [0.2, 0.25) is 0 Å². The first kappa shape index (κ1) is 15.4. The molecule has 1 aromatic carbocycles. The van der Waals surface area contributed by atoms with Crippen LogP contribution in [0.5, 0.6) is 0 Å². The topological polar surface area (TPSA) is 59.2 Å². The zero-order valence-corrected chi connectivity index (χ0v) is 13.1. The lowest BCUT2D eigenvalue weighted by Crippen LogP contribution is -2.31. The Morgan fingerprint density at radius 1 is 1.14 bits per heavy atom. The number of pyridine rings is 1. The summed E-state index contributed by atoms with van der Waals surface area (Å²) in [5.74, 6) is -0.0280. The molecule has 0 aliphatic carbocycles. The first-order valence-electron chi connectivity index (χ1n) is 6.92. The first-order chi connectivity index (χ1) is 10.1. The second kappa shape index (κ2) is 7.13. The Morgan fingerprint density at radius 3 is 2.43 bits per heavy atom. The third kappa shape index (κ3) is 3.98. The molecular formula is C16H19N3OS. The highest BCUT2D eigenvalue weighted by Crippen LogP contribution is 2.28. The Hall–Kier alpha value is -2.01. The molecule has 1 amide bonds. The smallest absolute Gasteiger partial charge is 0.272 e. The first-order valence-corrected chi connectivity index (χ1v) is 7.74. The molecule has 0 aliphatic heterocycles.